The molecule has 1 saturated carbocycles. The molecule has 1 heterocycles. The number of benzene rings is 1. The molecule has 152 valence electrons. The number of hydrogen-bond acceptors (Lipinski definition) is 4. The number of halogens is 1. The minimum atomic E-state index is 0. The molecule has 0 unspecified atom stereocenters. The van der Waals surface area contributed by atoms with E-state index in [2.05, 4.69) is 64.6 Å². The van der Waals surface area contributed by atoms with Gasteiger partial charge < -0.3 is 15.4 Å². The van der Waals surface area contributed by atoms with E-state index in [9.17, 15) is 0 Å². The van der Waals surface area contributed by atoms with Gasteiger partial charge >= 0.3 is 0 Å². The van der Waals surface area contributed by atoms with Crippen LogP contribution in [0.1, 0.15) is 32.6 Å². The largest absolute Gasteiger partial charge is 0.381 e. The second kappa shape index (κ2) is 11.2. The normalized spacial score (nSPS) is 20.4. The van der Waals surface area contributed by atoms with Crippen molar-refractivity contribution in [1.29, 1.82) is 0 Å². The van der Waals surface area contributed by atoms with Crippen LogP contribution in [0.25, 0.3) is 0 Å². The van der Waals surface area contributed by atoms with E-state index < -0.39 is 0 Å². The van der Waals surface area contributed by atoms with Gasteiger partial charge in [0.2, 0.25) is 0 Å². The summed E-state index contributed by atoms with van der Waals surface area (Å²) in [7, 11) is 1.86. The molecule has 2 N–H and O–H groups in total. The van der Waals surface area contributed by atoms with Gasteiger partial charge in [-0.1, -0.05) is 25.1 Å². The van der Waals surface area contributed by atoms with E-state index in [1.54, 1.807) is 0 Å². The maximum Gasteiger partial charge on any atom is 0.191 e. The highest BCUT2D eigenvalue weighted by Gasteiger charge is 2.43. The highest BCUT2D eigenvalue weighted by Crippen LogP contribution is 2.51. The molecule has 0 spiro atoms. The van der Waals surface area contributed by atoms with Crippen LogP contribution >= 0.6 is 47.5 Å². The minimum absolute atomic E-state index is 0. The van der Waals surface area contributed by atoms with E-state index in [4.69, 9.17) is 4.74 Å². The first kappa shape index (κ1) is 23.2. The SMILES string of the molecule is CCSC1(CNC(=NC)NCC2(Sc3ccccc3)CC2)CCOCC1.I. The van der Waals surface area contributed by atoms with E-state index in [1.807, 2.05) is 18.8 Å². The number of hydrogen-bond donors (Lipinski definition) is 2. The molecule has 3 rings (SSSR count). The van der Waals surface area contributed by atoms with Gasteiger partial charge in [0.05, 0.1) is 0 Å². The summed E-state index contributed by atoms with van der Waals surface area (Å²) in [5.74, 6) is 2.07. The zero-order chi connectivity index (χ0) is 18.3. The molecule has 0 atom stereocenters. The Balaban J connectivity index is 0.00000261. The number of rotatable bonds is 8. The number of nitrogens with one attached hydrogen (secondary N) is 2. The lowest BCUT2D eigenvalue weighted by atomic mass is 9.99. The molecule has 0 bridgehead atoms. The van der Waals surface area contributed by atoms with Crippen molar-refractivity contribution in [3.63, 3.8) is 0 Å². The second-order valence-corrected chi connectivity index (χ2v) is 10.4. The van der Waals surface area contributed by atoms with Crippen LogP contribution < -0.4 is 10.6 Å². The summed E-state index contributed by atoms with van der Waals surface area (Å²) in [5.41, 5.74) is 0. The van der Waals surface area contributed by atoms with Gasteiger partial charge in [-0.25, -0.2) is 0 Å². The summed E-state index contributed by atoms with van der Waals surface area (Å²) in [6.07, 6.45) is 4.76. The van der Waals surface area contributed by atoms with Crippen LogP contribution in [0.2, 0.25) is 0 Å². The molecule has 1 aliphatic carbocycles. The molecule has 1 saturated heterocycles. The van der Waals surface area contributed by atoms with Crippen molar-refractivity contribution in [1.82, 2.24) is 10.6 Å². The molecule has 1 aromatic rings. The third kappa shape index (κ3) is 7.01. The molecule has 2 fully saturated rings. The quantitative estimate of drug-likeness (QED) is 0.302. The van der Waals surface area contributed by atoms with Crippen LogP contribution in [-0.4, -0.2) is 54.6 Å². The number of aliphatic imine (C=N–C) groups is 1. The molecule has 0 radical (unpaired) electrons. The van der Waals surface area contributed by atoms with Crippen molar-refractivity contribution in [2.75, 3.05) is 39.1 Å². The Labute approximate surface area is 189 Å². The Morgan fingerprint density at radius 1 is 1.04 bits per heavy atom. The highest BCUT2D eigenvalue weighted by atomic mass is 127. The molecule has 4 nitrogen and oxygen atoms in total. The van der Waals surface area contributed by atoms with Crippen molar-refractivity contribution in [2.45, 2.75) is 47.0 Å². The van der Waals surface area contributed by atoms with Crippen LogP contribution in [0.15, 0.2) is 40.2 Å². The first-order valence-corrected chi connectivity index (χ1v) is 11.4. The average molecular weight is 522 g/mol. The first-order chi connectivity index (χ1) is 12.7. The Morgan fingerprint density at radius 2 is 1.67 bits per heavy atom. The first-order valence-electron chi connectivity index (χ1n) is 9.60. The number of guanidine groups is 1. The Hall–Kier alpha value is -0.120. The molecule has 0 aromatic heterocycles. The van der Waals surface area contributed by atoms with E-state index >= 15 is 0 Å². The van der Waals surface area contributed by atoms with Crippen LogP contribution in [0, 0.1) is 0 Å². The Bertz CT molecular complexity index is 585. The fourth-order valence-corrected chi connectivity index (χ4v) is 5.81. The number of ether oxygens (including phenoxy) is 1. The fraction of sp³-hybridized carbons (Fsp3) is 0.650. The molecule has 7 heteroatoms. The van der Waals surface area contributed by atoms with Gasteiger partial charge in [0.25, 0.3) is 0 Å². The minimum Gasteiger partial charge on any atom is -0.381 e. The molecule has 27 heavy (non-hydrogen) atoms. The lowest BCUT2D eigenvalue weighted by Crippen LogP contribution is -2.49. The standard InChI is InChI=1S/C20H31N3OS2.HI/c1-3-25-19(11-13-24-14-12-19)15-22-18(21-2)23-16-20(9-10-20)26-17-7-5-4-6-8-17;/h4-8H,3,9-16H2,1-2H3,(H2,21,22,23);1H. The number of nitrogens with zero attached hydrogens (tertiary/aromatic N) is 1. The van der Waals surface area contributed by atoms with E-state index in [0.717, 1.165) is 50.9 Å². The van der Waals surface area contributed by atoms with Gasteiger partial charge in [-0.15, -0.1) is 35.7 Å². The van der Waals surface area contributed by atoms with Crippen molar-refractivity contribution in [2.24, 2.45) is 4.99 Å². The van der Waals surface area contributed by atoms with E-state index in [-0.39, 0.29) is 28.7 Å². The second-order valence-electron chi connectivity index (χ2n) is 7.11. The molecule has 1 aliphatic heterocycles. The molecular weight excluding hydrogens is 489 g/mol. The van der Waals surface area contributed by atoms with Crippen molar-refractivity contribution >= 4 is 53.5 Å². The van der Waals surface area contributed by atoms with Gasteiger partial charge in [0, 0.05) is 47.7 Å². The predicted molar refractivity (Wildman–Crippen MR) is 130 cm³/mol. The van der Waals surface area contributed by atoms with Crippen molar-refractivity contribution < 1.29 is 4.74 Å². The van der Waals surface area contributed by atoms with Gasteiger partial charge in [0.1, 0.15) is 0 Å². The Kier molecular flexibility index (Phi) is 9.58. The summed E-state index contributed by atoms with van der Waals surface area (Å²) in [4.78, 5) is 5.80. The zero-order valence-electron chi connectivity index (χ0n) is 16.3. The zero-order valence-corrected chi connectivity index (χ0v) is 20.3. The average Bonchev–Trinajstić information content (AvgIpc) is 3.43. The van der Waals surface area contributed by atoms with Crippen LogP contribution in [0.3, 0.4) is 0 Å². The smallest absolute Gasteiger partial charge is 0.191 e. The van der Waals surface area contributed by atoms with Crippen LogP contribution in [0.5, 0.6) is 0 Å². The summed E-state index contributed by atoms with van der Waals surface area (Å²) < 4.78 is 6.18. The lowest BCUT2D eigenvalue weighted by molar-refractivity contribution is 0.0782. The fourth-order valence-electron chi connectivity index (χ4n) is 3.32. The van der Waals surface area contributed by atoms with Crippen LogP contribution in [-0.2, 0) is 4.74 Å². The van der Waals surface area contributed by atoms with E-state index in [0.29, 0.717) is 4.75 Å². The maximum absolute atomic E-state index is 5.57. The number of thioether (sulfide) groups is 2. The lowest BCUT2D eigenvalue weighted by Gasteiger charge is -2.37. The summed E-state index contributed by atoms with van der Waals surface area (Å²) in [6, 6.07) is 10.7. The van der Waals surface area contributed by atoms with Gasteiger partial charge in [-0.05, 0) is 43.6 Å². The van der Waals surface area contributed by atoms with Crippen molar-refractivity contribution in [3.05, 3.63) is 30.3 Å². The monoisotopic (exact) mass is 521 g/mol. The third-order valence-electron chi connectivity index (χ3n) is 5.12. The Morgan fingerprint density at radius 3 is 2.22 bits per heavy atom. The van der Waals surface area contributed by atoms with Crippen LogP contribution in [0.4, 0.5) is 0 Å². The summed E-state index contributed by atoms with van der Waals surface area (Å²) >= 11 is 4.06. The van der Waals surface area contributed by atoms with Crippen molar-refractivity contribution in [3.8, 4) is 0 Å². The highest BCUT2D eigenvalue weighted by molar-refractivity contribution is 14.0. The predicted octanol–water partition coefficient (Wildman–Crippen LogP) is 4.40. The summed E-state index contributed by atoms with van der Waals surface area (Å²) in [6.45, 7) is 5.90. The van der Waals surface area contributed by atoms with Gasteiger partial charge in [0.15, 0.2) is 5.96 Å². The van der Waals surface area contributed by atoms with Gasteiger partial charge in [-0.3, -0.25) is 4.99 Å². The topological polar surface area (TPSA) is 45.7 Å². The molecular formula is C20H32IN3OS2. The third-order valence-corrected chi connectivity index (χ3v) is 8.07. The van der Waals surface area contributed by atoms with Gasteiger partial charge in [-0.2, -0.15) is 11.8 Å². The maximum atomic E-state index is 5.57. The molecule has 0 amide bonds. The van der Waals surface area contributed by atoms with E-state index in [1.165, 1.54) is 17.7 Å². The molecule has 1 aromatic carbocycles. The molecule has 2 aliphatic rings. The summed E-state index contributed by atoms with van der Waals surface area (Å²) in [5, 5.41) is 7.15.